The maximum absolute atomic E-state index is 12.1. The highest BCUT2D eigenvalue weighted by atomic mass is 16.5. The number of benzene rings is 1. The summed E-state index contributed by atoms with van der Waals surface area (Å²) in [6, 6.07) is 6.80. The third kappa shape index (κ3) is 4.19. The summed E-state index contributed by atoms with van der Waals surface area (Å²) in [5, 5.41) is 3.20. The van der Waals surface area contributed by atoms with Crippen molar-refractivity contribution in [2.45, 2.75) is 18.9 Å². The van der Waals surface area contributed by atoms with Gasteiger partial charge in [0.15, 0.2) is 6.61 Å². The summed E-state index contributed by atoms with van der Waals surface area (Å²) in [5.41, 5.74) is 5.58. The number of amides is 2. The van der Waals surface area contributed by atoms with Gasteiger partial charge in [-0.3, -0.25) is 9.59 Å². The molecule has 0 aromatic heterocycles. The Bertz CT molecular complexity index is 501. The Morgan fingerprint density at radius 3 is 2.71 bits per heavy atom. The first-order valence-electron chi connectivity index (χ1n) is 7.08. The van der Waals surface area contributed by atoms with E-state index in [9.17, 15) is 9.59 Å². The highest BCUT2D eigenvalue weighted by molar-refractivity contribution is 5.92. The fourth-order valence-corrected chi connectivity index (χ4v) is 2.39. The maximum Gasteiger partial charge on any atom is 0.260 e. The molecule has 1 unspecified atom stereocenters. The fourth-order valence-electron chi connectivity index (χ4n) is 2.39. The van der Waals surface area contributed by atoms with Gasteiger partial charge in [0.05, 0.1) is 0 Å². The van der Waals surface area contributed by atoms with Gasteiger partial charge in [0, 0.05) is 24.7 Å². The first-order valence-corrected chi connectivity index (χ1v) is 7.08. The number of piperidine rings is 1. The van der Waals surface area contributed by atoms with Crippen molar-refractivity contribution in [1.82, 2.24) is 10.2 Å². The first kappa shape index (κ1) is 15.3. The van der Waals surface area contributed by atoms with E-state index >= 15 is 0 Å². The number of primary amides is 1. The Kier molecular flexibility index (Phi) is 5.16. The van der Waals surface area contributed by atoms with Gasteiger partial charge < -0.3 is 20.7 Å². The number of carbonyl (C=O) groups is 2. The lowest BCUT2D eigenvalue weighted by molar-refractivity contribution is -0.134. The second-order valence-corrected chi connectivity index (χ2v) is 5.14. The number of hydrogen-bond donors (Lipinski definition) is 2. The van der Waals surface area contributed by atoms with E-state index in [1.165, 1.54) is 0 Å². The van der Waals surface area contributed by atoms with Crippen LogP contribution in [0.15, 0.2) is 24.3 Å². The number of nitrogens with zero attached hydrogens (tertiary/aromatic N) is 1. The molecule has 1 aliphatic heterocycles. The van der Waals surface area contributed by atoms with E-state index in [1.807, 2.05) is 11.9 Å². The number of likely N-dealkylation sites (tertiary alicyclic amines) is 1. The smallest absolute Gasteiger partial charge is 0.260 e. The number of rotatable bonds is 5. The molecule has 2 rings (SSSR count). The van der Waals surface area contributed by atoms with Gasteiger partial charge in [-0.15, -0.1) is 0 Å². The van der Waals surface area contributed by atoms with Crippen LogP contribution in [0.5, 0.6) is 5.75 Å². The van der Waals surface area contributed by atoms with Crippen molar-refractivity contribution in [3.05, 3.63) is 29.8 Å². The van der Waals surface area contributed by atoms with Crippen LogP contribution in [0.3, 0.4) is 0 Å². The minimum atomic E-state index is -0.482. The average Bonchev–Trinajstić information content (AvgIpc) is 2.53. The highest BCUT2D eigenvalue weighted by Crippen LogP contribution is 2.13. The van der Waals surface area contributed by atoms with E-state index in [2.05, 4.69) is 5.32 Å². The van der Waals surface area contributed by atoms with Crippen molar-refractivity contribution < 1.29 is 14.3 Å². The summed E-state index contributed by atoms with van der Waals surface area (Å²) in [6.45, 7) is 1.51. The number of likely N-dealkylation sites (N-methyl/N-ethyl adjacent to an activating group) is 1. The molecule has 6 nitrogen and oxygen atoms in total. The third-order valence-electron chi connectivity index (χ3n) is 3.68. The lowest BCUT2D eigenvalue weighted by Crippen LogP contribution is -2.48. The molecule has 1 atom stereocenters. The summed E-state index contributed by atoms with van der Waals surface area (Å²) >= 11 is 0. The van der Waals surface area contributed by atoms with Gasteiger partial charge in [0.1, 0.15) is 5.75 Å². The van der Waals surface area contributed by atoms with Crippen LogP contribution in [0.1, 0.15) is 23.2 Å². The molecule has 1 aromatic carbocycles. The Morgan fingerprint density at radius 1 is 1.38 bits per heavy atom. The molecule has 1 saturated heterocycles. The van der Waals surface area contributed by atoms with Crippen molar-refractivity contribution in [1.29, 1.82) is 0 Å². The zero-order chi connectivity index (χ0) is 15.2. The van der Waals surface area contributed by atoms with Crippen molar-refractivity contribution in [3.8, 4) is 5.75 Å². The summed E-state index contributed by atoms with van der Waals surface area (Å²) in [5.74, 6) is 0.0495. The van der Waals surface area contributed by atoms with Crippen LogP contribution in [0.2, 0.25) is 0 Å². The second-order valence-electron chi connectivity index (χ2n) is 5.14. The molecule has 0 radical (unpaired) electrons. The zero-order valence-electron chi connectivity index (χ0n) is 12.2. The molecule has 0 spiro atoms. The molecule has 114 valence electrons. The van der Waals surface area contributed by atoms with Crippen LogP contribution >= 0.6 is 0 Å². The standard InChI is InChI=1S/C15H21N3O3/c1-17-12-3-2-8-18(9-12)14(19)10-21-13-6-4-11(5-7-13)15(16)20/h4-7,12,17H,2-3,8-10H2,1H3,(H2,16,20). The Hall–Kier alpha value is -2.08. The molecular formula is C15H21N3O3. The Labute approximate surface area is 124 Å². The third-order valence-corrected chi connectivity index (χ3v) is 3.68. The normalized spacial score (nSPS) is 18.3. The molecular weight excluding hydrogens is 270 g/mol. The number of ether oxygens (including phenoxy) is 1. The van der Waals surface area contributed by atoms with Crippen LogP contribution in [-0.2, 0) is 4.79 Å². The molecule has 2 amide bonds. The first-order chi connectivity index (χ1) is 10.1. The predicted molar refractivity (Wildman–Crippen MR) is 79.1 cm³/mol. The topological polar surface area (TPSA) is 84.7 Å². The van der Waals surface area contributed by atoms with Crippen molar-refractivity contribution in [2.75, 3.05) is 26.7 Å². The molecule has 1 heterocycles. The number of hydrogen-bond acceptors (Lipinski definition) is 4. The monoisotopic (exact) mass is 291 g/mol. The molecule has 1 aliphatic rings. The molecule has 1 aromatic rings. The van der Waals surface area contributed by atoms with Crippen molar-refractivity contribution in [3.63, 3.8) is 0 Å². The number of carbonyl (C=O) groups excluding carboxylic acids is 2. The van der Waals surface area contributed by atoms with Crippen LogP contribution in [0.4, 0.5) is 0 Å². The minimum absolute atomic E-state index is 0.00630. The van der Waals surface area contributed by atoms with Crippen LogP contribution in [0, 0.1) is 0 Å². The quantitative estimate of drug-likeness (QED) is 0.821. The molecule has 21 heavy (non-hydrogen) atoms. The van der Waals surface area contributed by atoms with Gasteiger partial charge in [-0.05, 0) is 44.2 Å². The van der Waals surface area contributed by atoms with Gasteiger partial charge in [-0.2, -0.15) is 0 Å². The maximum atomic E-state index is 12.1. The van der Waals surface area contributed by atoms with Crippen molar-refractivity contribution in [2.24, 2.45) is 5.73 Å². The lowest BCUT2D eigenvalue weighted by atomic mass is 10.1. The predicted octanol–water partition coefficient (Wildman–Crippen LogP) is 0.375. The molecule has 3 N–H and O–H groups in total. The van der Waals surface area contributed by atoms with E-state index < -0.39 is 5.91 Å². The molecule has 6 heteroatoms. The van der Waals surface area contributed by atoms with Gasteiger partial charge >= 0.3 is 0 Å². The van der Waals surface area contributed by atoms with Crippen molar-refractivity contribution >= 4 is 11.8 Å². The fraction of sp³-hybridized carbons (Fsp3) is 0.467. The van der Waals surface area contributed by atoms with E-state index in [-0.39, 0.29) is 12.5 Å². The molecule has 0 saturated carbocycles. The average molecular weight is 291 g/mol. The SMILES string of the molecule is CNC1CCCN(C(=O)COc2ccc(C(N)=O)cc2)C1. The van der Waals surface area contributed by atoms with Gasteiger partial charge in [0.2, 0.25) is 5.91 Å². The van der Waals surface area contributed by atoms with Gasteiger partial charge in [-0.1, -0.05) is 0 Å². The summed E-state index contributed by atoms with van der Waals surface area (Å²) in [6.07, 6.45) is 2.10. The van der Waals surface area contributed by atoms with E-state index in [0.29, 0.717) is 17.4 Å². The van der Waals surface area contributed by atoms with E-state index in [0.717, 1.165) is 25.9 Å². The summed E-state index contributed by atoms with van der Waals surface area (Å²) in [7, 11) is 1.91. The zero-order valence-corrected chi connectivity index (χ0v) is 12.2. The Morgan fingerprint density at radius 2 is 2.10 bits per heavy atom. The largest absolute Gasteiger partial charge is 0.484 e. The number of nitrogens with one attached hydrogen (secondary N) is 1. The van der Waals surface area contributed by atoms with Gasteiger partial charge in [-0.25, -0.2) is 0 Å². The molecule has 1 fully saturated rings. The minimum Gasteiger partial charge on any atom is -0.484 e. The Balaban J connectivity index is 1.84. The summed E-state index contributed by atoms with van der Waals surface area (Å²) in [4.78, 5) is 24.9. The van der Waals surface area contributed by atoms with E-state index in [1.54, 1.807) is 24.3 Å². The second kappa shape index (κ2) is 7.08. The number of nitrogens with two attached hydrogens (primary N) is 1. The lowest BCUT2D eigenvalue weighted by Gasteiger charge is -2.32. The summed E-state index contributed by atoms with van der Waals surface area (Å²) < 4.78 is 5.46. The van der Waals surface area contributed by atoms with Crippen LogP contribution < -0.4 is 15.8 Å². The van der Waals surface area contributed by atoms with Crippen LogP contribution in [0.25, 0.3) is 0 Å². The highest BCUT2D eigenvalue weighted by Gasteiger charge is 2.22. The molecule has 0 bridgehead atoms. The van der Waals surface area contributed by atoms with E-state index in [4.69, 9.17) is 10.5 Å². The van der Waals surface area contributed by atoms with Gasteiger partial charge in [0.25, 0.3) is 5.91 Å². The van der Waals surface area contributed by atoms with Crippen LogP contribution in [-0.4, -0.2) is 49.5 Å². The molecule has 0 aliphatic carbocycles.